The van der Waals surface area contributed by atoms with Gasteiger partial charge >= 0.3 is 0 Å². The molecule has 0 N–H and O–H groups in total. The van der Waals surface area contributed by atoms with Gasteiger partial charge in [-0.05, 0) is 48.9 Å². The van der Waals surface area contributed by atoms with Crippen molar-refractivity contribution in [2.24, 2.45) is 0 Å². The highest BCUT2D eigenvalue weighted by molar-refractivity contribution is 7.89. The van der Waals surface area contributed by atoms with E-state index in [2.05, 4.69) is 0 Å². The van der Waals surface area contributed by atoms with Crippen LogP contribution >= 0.6 is 11.6 Å². The van der Waals surface area contributed by atoms with Crippen LogP contribution < -0.4 is 0 Å². The van der Waals surface area contributed by atoms with Crippen molar-refractivity contribution in [1.82, 2.24) is 9.21 Å². The maximum Gasteiger partial charge on any atom is 0.254 e. The van der Waals surface area contributed by atoms with Crippen molar-refractivity contribution in [1.29, 1.82) is 0 Å². The maximum atomic E-state index is 12.7. The van der Waals surface area contributed by atoms with Gasteiger partial charge in [0, 0.05) is 31.7 Å². The standard InChI is InChI=1S/C18H21ClN2O3S/c1-13(14-5-9-16(19)10-6-14)21(4)18(22)15-7-11-17(12-8-15)25(23,24)20(2)3/h5-13H,1-4H3. The Bertz CT molecular complexity index is 847. The highest BCUT2D eigenvalue weighted by Crippen LogP contribution is 2.23. The number of amides is 1. The van der Waals surface area contributed by atoms with Gasteiger partial charge in [-0.2, -0.15) is 0 Å². The van der Waals surface area contributed by atoms with Gasteiger partial charge < -0.3 is 4.90 Å². The molecule has 0 bridgehead atoms. The SMILES string of the molecule is CC(c1ccc(Cl)cc1)N(C)C(=O)c1ccc(S(=O)(=O)N(C)C)cc1. The third kappa shape index (κ3) is 4.21. The predicted molar refractivity (Wildman–Crippen MR) is 99.3 cm³/mol. The lowest BCUT2D eigenvalue weighted by atomic mass is 10.1. The molecule has 0 aliphatic rings. The van der Waals surface area contributed by atoms with Crippen molar-refractivity contribution in [3.05, 3.63) is 64.7 Å². The number of hydrogen-bond acceptors (Lipinski definition) is 3. The molecule has 0 aromatic heterocycles. The summed E-state index contributed by atoms with van der Waals surface area (Å²) in [6, 6.07) is 13.1. The summed E-state index contributed by atoms with van der Waals surface area (Å²) in [5, 5.41) is 0.641. The lowest BCUT2D eigenvalue weighted by Gasteiger charge is -2.25. The van der Waals surface area contributed by atoms with Crippen molar-refractivity contribution in [3.63, 3.8) is 0 Å². The zero-order valence-corrected chi connectivity index (χ0v) is 16.2. The Labute approximate surface area is 153 Å². The molecule has 1 amide bonds. The number of carbonyl (C=O) groups excluding carboxylic acids is 1. The van der Waals surface area contributed by atoms with Crippen molar-refractivity contribution < 1.29 is 13.2 Å². The summed E-state index contributed by atoms with van der Waals surface area (Å²) in [7, 11) is 1.14. The summed E-state index contributed by atoms with van der Waals surface area (Å²) in [5.41, 5.74) is 1.40. The second-order valence-corrected chi connectivity index (χ2v) is 8.54. The van der Waals surface area contributed by atoms with Crippen LogP contribution in [0.25, 0.3) is 0 Å². The molecule has 134 valence electrons. The van der Waals surface area contributed by atoms with Gasteiger partial charge in [-0.15, -0.1) is 0 Å². The molecule has 2 aromatic rings. The van der Waals surface area contributed by atoms with E-state index in [1.54, 1.807) is 24.1 Å². The zero-order valence-electron chi connectivity index (χ0n) is 14.6. The van der Waals surface area contributed by atoms with Gasteiger partial charge in [0.25, 0.3) is 5.91 Å². The maximum absolute atomic E-state index is 12.7. The van der Waals surface area contributed by atoms with E-state index in [1.807, 2.05) is 19.1 Å². The molecule has 0 heterocycles. The zero-order chi connectivity index (χ0) is 18.8. The van der Waals surface area contributed by atoms with Crippen LogP contribution in [0.2, 0.25) is 5.02 Å². The number of carbonyl (C=O) groups is 1. The third-order valence-corrected chi connectivity index (χ3v) is 6.21. The largest absolute Gasteiger partial charge is 0.335 e. The Morgan fingerprint density at radius 2 is 1.48 bits per heavy atom. The van der Waals surface area contributed by atoms with E-state index in [-0.39, 0.29) is 16.8 Å². The highest BCUT2D eigenvalue weighted by Gasteiger charge is 2.21. The molecule has 0 aliphatic heterocycles. The Morgan fingerprint density at radius 1 is 0.960 bits per heavy atom. The van der Waals surface area contributed by atoms with E-state index >= 15 is 0 Å². The molecule has 2 rings (SSSR count). The summed E-state index contributed by atoms with van der Waals surface area (Å²) in [5.74, 6) is -0.184. The van der Waals surface area contributed by atoms with Crippen LogP contribution in [0.4, 0.5) is 0 Å². The van der Waals surface area contributed by atoms with Crippen LogP contribution in [0.15, 0.2) is 53.4 Å². The van der Waals surface area contributed by atoms with E-state index in [0.29, 0.717) is 10.6 Å². The fourth-order valence-electron chi connectivity index (χ4n) is 2.32. The van der Waals surface area contributed by atoms with E-state index in [9.17, 15) is 13.2 Å². The van der Waals surface area contributed by atoms with Crippen LogP contribution in [0.5, 0.6) is 0 Å². The minimum atomic E-state index is -3.51. The molecule has 0 radical (unpaired) electrons. The molecule has 7 heteroatoms. The molecule has 0 fully saturated rings. The third-order valence-electron chi connectivity index (χ3n) is 4.13. The molecule has 2 aromatic carbocycles. The summed E-state index contributed by atoms with van der Waals surface area (Å²) in [6.07, 6.45) is 0. The van der Waals surface area contributed by atoms with Crippen LogP contribution in [0, 0.1) is 0 Å². The average Bonchev–Trinajstić information content (AvgIpc) is 2.60. The fourth-order valence-corrected chi connectivity index (χ4v) is 3.35. The molecular formula is C18H21ClN2O3S. The molecule has 5 nitrogen and oxygen atoms in total. The van der Waals surface area contributed by atoms with Gasteiger partial charge in [0.1, 0.15) is 0 Å². The molecule has 0 saturated carbocycles. The van der Waals surface area contributed by atoms with Crippen LogP contribution in [0.3, 0.4) is 0 Å². The topological polar surface area (TPSA) is 57.7 Å². The first-order valence-corrected chi connectivity index (χ1v) is 9.51. The van der Waals surface area contributed by atoms with E-state index < -0.39 is 10.0 Å². The number of hydrogen-bond donors (Lipinski definition) is 0. The van der Waals surface area contributed by atoms with Crippen molar-refractivity contribution >= 4 is 27.5 Å². The summed E-state index contributed by atoms with van der Waals surface area (Å²) in [4.78, 5) is 14.4. The number of sulfonamides is 1. The van der Waals surface area contributed by atoms with Gasteiger partial charge in [-0.25, -0.2) is 12.7 Å². The quantitative estimate of drug-likeness (QED) is 0.798. The Hall–Kier alpha value is -1.89. The van der Waals surface area contributed by atoms with E-state index in [4.69, 9.17) is 11.6 Å². The van der Waals surface area contributed by atoms with Crippen molar-refractivity contribution in [2.75, 3.05) is 21.1 Å². The molecule has 1 atom stereocenters. The van der Waals surface area contributed by atoms with Crippen molar-refractivity contribution in [2.45, 2.75) is 17.9 Å². The van der Waals surface area contributed by atoms with Gasteiger partial charge in [-0.3, -0.25) is 4.79 Å². The molecule has 0 spiro atoms. The summed E-state index contributed by atoms with van der Waals surface area (Å²) < 4.78 is 25.3. The molecule has 1 unspecified atom stereocenters. The lowest BCUT2D eigenvalue weighted by molar-refractivity contribution is 0.0742. The minimum absolute atomic E-state index is 0.144. The first kappa shape index (κ1) is 19.4. The van der Waals surface area contributed by atoms with Crippen LogP contribution in [-0.2, 0) is 10.0 Å². The molecule has 0 saturated heterocycles. The first-order valence-electron chi connectivity index (χ1n) is 7.70. The Balaban J connectivity index is 2.21. The second-order valence-electron chi connectivity index (χ2n) is 5.96. The van der Waals surface area contributed by atoms with Crippen LogP contribution in [-0.4, -0.2) is 44.7 Å². The molecule has 0 aliphatic carbocycles. The average molecular weight is 381 g/mol. The monoisotopic (exact) mass is 380 g/mol. The van der Waals surface area contributed by atoms with Crippen molar-refractivity contribution in [3.8, 4) is 0 Å². The predicted octanol–water partition coefficient (Wildman–Crippen LogP) is 3.42. The normalized spacial score (nSPS) is 12.9. The molecular weight excluding hydrogens is 360 g/mol. The van der Waals surface area contributed by atoms with Gasteiger partial charge in [-0.1, -0.05) is 23.7 Å². The smallest absolute Gasteiger partial charge is 0.254 e. The van der Waals surface area contributed by atoms with Gasteiger partial charge in [0.2, 0.25) is 10.0 Å². The highest BCUT2D eigenvalue weighted by atomic mass is 35.5. The van der Waals surface area contributed by atoms with E-state index in [1.165, 1.54) is 38.4 Å². The first-order chi connectivity index (χ1) is 11.6. The number of nitrogens with zero attached hydrogens (tertiary/aromatic N) is 2. The van der Waals surface area contributed by atoms with E-state index in [0.717, 1.165) is 9.87 Å². The second kappa shape index (κ2) is 7.56. The van der Waals surface area contributed by atoms with Gasteiger partial charge in [0.05, 0.1) is 10.9 Å². The number of rotatable bonds is 5. The van der Waals surface area contributed by atoms with Gasteiger partial charge in [0.15, 0.2) is 0 Å². The Kier molecular flexibility index (Phi) is 5.87. The molecule has 25 heavy (non-hydrogen) atoms. The Morgan fingerprint density at radius 3 is 1.96 bits per heavy atom. The summed E-state index contributed by atoms with van der Waals surface area (Å²) >= 11 is 5.90. The number of benzene rings is 2. The number of halogens is 1. The minimum Gasteiger partial charge on any atom is -0.335 e. The fraction of sp³-hybridized carbons (Fsp3) is 0.278. The van der Waals surface area contributed by atoms with Crippen LogP contribution in [0.1, 0.15) is 28.9 Å². The summed E-state index contributed by atoms with van der Waals surface area (Å²) in [6.45, 7) is 1.92. The lowest BCUT2D eigenvalue weighted by Crippen LogP contribution is -2.29.